The van der Waals surface area contributed by atoms with Gasteiger partial charge in [-0.15, -0.1) is 0 Å². The number of phenols is 1. The number of hydrogen-bond donors (Lipinski definition) is 1. The highest BCUT2D eigenvalue weighted by molar-refractivity contribution is 6.03. The van der Waals surface area contributed by atoms with Crippen LogP contribution in [0.4, 0.5) is 0 Å². The first kappa shape index (κ1) is 9.11. The number of aromatic hydroxyl groups is 1. The number of benzene rings is 1. The Balaban J connectivity index is 3.20. The zero-order chi connectivity index (χ0) is 9.14. The Bertz CT molecular complexity index is 309. The molecule has 61 valence electrons. The van der Waals surface area contributed by atoms with E-state index in [-0.39, 0.29) is 11.5 Å². The summed E-state index contributed by atoms with van der Waals surface area (Å²) in [5.41, 5.74) is 0.489. The van der Waals surface area contributed by atoms with Crippen molar-refractivity contribution in [1.29, 1.82) is 0 Å². The standard InChI is InChI=1S/C8H8O3.Al.H/c1-5(9)7-3-2-6(10)4-8(7)11;;/h2-4,10-11H,1H3;;/q;+1;/p-1. The second kappa shape index (κ2) is 3.62. The summed E-state index contributed by atoms with van der Waals surface area (Å²) in [6, 6.07) is 4.42. The van der Waals surface area contributed by atoms with Crippen LogP contribution in [-0.4, -0.2) is 27.5 Å². The van der Waals surface area contributed by atoms with Gasteiger partial charge in [0.05, 0.1) is 11.3 Å². The average molecular weight is 179 g/mol. The lowest BCUT2D eigenvalue weighted by atomic mass is 10.1. The van der Waals surface area contributed by atoms with Crippen molar-refractivity contribution in [3.05, 3.63) is 23.8 Å². The molecular weight excluding hydrogens is 171 g/mol. The maximum absolute atomic E-state index is 11.0. The number of phenolic OH excluding ortho intramolecular Hbond substituents is 1. The van der Waals surface area contributed by atoms with E-state index < -0.39 is 0 Å². The van der Waals surface area contributed by atoms with E-state index in [1.54, 1.807) is 6.07 Å². The molecule has 0 fully saturated rings. The lowest BCUT2D eigenvalue weighted by molar-refractivity contribution is 0.101. The van der Waals surface area contributed by atoms with E-state index in [4.69, 9.17) is 8.90 Å². The molecule has 0 spiro atoms. The largest absolute Gasteiger partial charge is 0.650 e. The molecule has 1 N–H and O–H groups in total. The quantitative estimate of drug-likeness (QED) is 0.539. The molecule has 0 amide bonds. The van der Waals surface area contributed by atoms with Crippen molar-refractivity contribution in [2.75, 3.05) is 0 Å². The van der Waals surface area contributed by atoms with Gasteiger partial charge in [-0.3, -0.25) is 4.79 Å². The first-order valence-corrected chi connectivity index (χ1v) is 3.99. The molecule has 1 aromatic carbocycles. The Kier molecular flexibility index (Phi) is 2.75. The third-order valence-electron chi connectivity index (χ3n) is 1.50. The molecule has 1 aromatic rings. The van der Waals surface area contributed by atoms with Crippen molar-refractivity contribution >= 4 is 22.4 Å². The molecule has 3 nitrogen and oxygen atoms in total. The first-order chi connectivity index (χ1) is 5.65. The topological polar surface area (TPSA) is 46.5 Å². The minimum absolute atomic E-state index is 0.0725. The summed E-state index contributed by atoms with van der Waals surface area (Å²) in [7, 11) is 0. The van der Waals surface area contributed by atoms with Crippen molar-refractivity contribution in [3.63, 3.8) is 0 Å². The Hall–Kier alpha value is -0.978. The fourth-order valence-electron chi connectivity index (χ4n) is 0.921. The van der Waals surface area contributed by atoms with E-state index in [9.17, 15) is 4.79 Å². The van der Waals surface area contributed by atoms with Crippen LogP contribution in [0.1, 0.15) is 17.3 Å². The van der Waals surface area contributed by atoms with Crippen molar-refractivity contribution in [2.45, 2.75) is 6.92 Å². The lowest BCUT2D eigenvalue weighted by Crippen LogP contribution is -1.97. The van der Waals surface area contributed by atoms with Crippen molar-refractivity contribution < 1.29 is 13.7 Å². The number of hydrogen-bond acceptors (Lipinski definition) is 3. The molecule has 12 heavy (non-hydrogen) atoms. The van der Waals surface area contributed by atoms with Gasteiger partial charge >= 0.3 is 16.6 Å². The summed E-state index contributed by atoms with van der Waals surface area (Å²) in [5, 5.41) is 9.06. The number of carbonyl (C=O) groups is 1. The molecule has 0 aliphatic heterocycles. The van der Waals surface area contributed by atoms with Gasteiger partial charge in [-0.2, -0.15) is 0 Å². The van der Waals surface area contributed by atoms with Crippen LogP contribution in [-0.2, 0) is 0 Å². The third kappa shape index (κ3) is 1.79. The van der Waals surface area contributed by atoms with E-state index in [1.165, 1.54) is 35.7 Å². The fraction of sp³-hybridized carbons (Fsp3) is 0.125. The number of rotatable bonds is 2. The Labute approximate surface area is 78.7 Å². The third-order valence-corrected chi connectivity index (χ3v) is 1.81. The molecule has 1 rings (SSSR count). The zero-order valence-electron chi connectivity index (χ0n) is 6.70. The van der Waals surface area contributed by atoms with E-state index in [0.29, 0.717) is 11.3 Å². The SMILES string of the molecule is CC(=O)c1ccc(O)cc1[O][AlH]. The summed E-state index contributed by atoms with van der Waals surface area (Å²) < 4.78 is 4.93. The van der Waals surface area contributed by atoms with Gasteiger partial charge in [-0.05, 0) is 19.1 Å². The van der Waals surface area contributed by atoms with Crippen LogP contribution in [0.5, 0.6) is 11.5 Å². The van der Waals surface area contributed by atoms with E-state index in [0.717, 1.165) is 0 Å². The molecule has 0 atom stereocenters. The minimum Gasteiger partial charge on any atom is -0.650 e. The number of ketones is 1. The van der Waals surface area contributed by atoms with Crippen molar-refractivity contribution in [3.8, 4) is 11.5 Å². The Morgan fingerprint density at radius 1 is 1.58 bits per heavy atom. The molecule has 0 aromatic heterocycles. The molecule has 1 radical (unpaired) electrons. The van der Waals surface area contributed by atoms with E-state index in [1.807, 2.05) is 0 Å². The smallest absolute Gasteiger partial charge is 0.494 e. The summed E-state index contributed by atoms with van der Waals surface area (Å²) >= 11 is 1.27. The molecule has 0 saturated heterocycles. The van der Waals surface area contributed by atoms with Gasteiger partial charge in [0.25, 0.3) is 0 Å². The summed E-state index contributed by atoms with van der Waals surface area (Å²) in [6.45, 7) is 1.46. The van der Waals surface area contributed by atoms with Gasteiger partial charge in [0, 0.05) is 6.07 Å². The maximum atomic E-state index is 11.0. The highest BCUT2D eigenvalue weighted by atomic mass is 27.1. The van der Waals surface area contributed by atoms with Gasteiger partial charge in [-0.1, -0.05) is 0 Å². The molecule has 0 aliphatic rings. The van der Waals surface area contributed by atoms with Gasteiger partial charge in [-0.25, -0.2) is 0 Å². The summed E-state index contributed by atoms with van der Waals surface area (Å²) in [5.74, 6) is 0.444. The van der Waals surface area contributed by atoms with Crippen molar-refractivity contribution in [1.82, 2.24) is 0 Å². The Morgan fingerprint density at radius 3 is 2.75 bits per heavy atom. The summed E-state index contributed by atoms with van der Waals surface area (Å²) in [6.07, 6.45) is 0. The normalized spacial score (nSPS) is 9.42. The second-order valence-electron chi connectivity index (χ2n) is 2.38. The second-order valence-corrected chi connectivity index (χ2v) is 2.67. The van der Waals surface area contributed by atoms with Crippen LogP contribution in [0, 0.1) is 0 Å². The molecule has 0 saturated carbocycles. The van der Waals surface area contributed by atoms with Gasteiger partial charge < -0.3 is 8.90 Å². The van der Waals surface area contributed by atoms with Gasteiger partial charge in [0.15, 0.2) is 5.78 Å². The Morgan fingerprint density at radius 2 is 2.25 bits per heavy atom. The van der Waals surface area contributed by atoms with Crippen LogP contribution in [0.2, 0.25) is 0 Å². The monoisotopic (exact) mass is 179 g/mol. The van der Waals surface area contributed by atoms with Crippen LogP contribution < -0.4 is 3.79 Å². The fourth-order valence-corrected chi connectivity index (χ4v) is 1.16. The number of carbonyl (C=O) groups excluding carboxylic acids is 1. The molecule has 0 aliphatic carbocycles. The minimum atomic E-state index is -0.0725. The zero-order valence-corrected chi connectivity index (χ0v) is 8.12. The van der Waals surface area contributed by atoms with E-state index in [2.05, 4.69) is 0 Å². The predicted octanol–water partition coefficient (Wildman–Crippen LogP) is 0.789. The average Bonchev–Trinajstić information content (AvgIpc) is 2.03. The van der Waals surface area contributed by atoms with Crippen LogP contribution in [0.3, 0.4) is 0 Å². The predicted molar refractivity (Wildman–Crippen MR) is 45.9 cm³/mol. The highest BCUT2D eigenvalue weighted by Gasteiger charge is 2.06. The first-order valence-electron chi connectivity index (χ1n) is 3.41. The van der Waals surface area contributed by atoms with E-state index >= 15 is 0 Å². The molecule has 0 heterocycles. The van der Waals surface area contributed by atoms with Crippen LogP contribution >= 0.6 is 0 Å². The maximum Gasteiger partial charge on any atom is 0.494 e. The van der Waals surface area contributed by atoms with Gasteiger partial charge in [0.1, 0.15) is 5.75 Å². The highest BCUT2D eigenvalue weighted by Crippen LogP contribution is 2.23. The molecule has 0 bridgehead atoms. The molecule has 0 unspecified atom stereocenters. The van der Waals surface area contributed by atoms with Gasteiger partial charge in [0.2, 0.25) is 0 Å². The molecular formula is C8H8AlO3. The molecule has 4 heteroatoms. The van der Waals surface area contributed by atoms with Crippen LogP contribution in [0.25, 0.3) is 0 Å². The summed E-state index contributed by atoms with van der Waals surface area (Å²) in [4.78, 5) is 11.0. The number of Topliss-reactive ketones (excluding diaryl/α,β-unsaturated/α-hetero) is 1. The van der Waals surface area contributed by atoms with Crippen LogP contribution in [0.15, 0.2) is 18.2 Å². The van der Waals surface area contributed by atoms with Crippen molar-refractivity contribution in [2.24, 2.45) is 0 Å². The lowest BCUT2D eigenvalue weighted by Gasteiger charge is -2.07.